The SMILES string of the molecule is CCC1NCC(=O)N(CC(=O)N(C)C)C1=O. The molecule has 0 bridgehead atoms. The van der Waals surface area contributed by atoms with Gasteiger partial charge in [-0.3, -0.25) is 24.6 Å². The number of likely N-dealkylation sites (N-methyl/N-ethyl adjacent to an activating group) is 1. The average molecular weight is 227 g/mol. The molecule has 0 radical (unpaired) electrons. The molecule has 6 heteroatoms. The molecule has 6 nitrogen and oxygen atoms in total. The smallest absolute Gasteiger partial charge is 0.246 e. The minimum atomic E-state index is -0.354. The number of carbonyl (C=O) groups excluding carboxylic acids is 3. The predicted octanol–water partition coefficient (Wildman–Crippen LogP) is -1.19. The highest BCUT2D eigenvalue weighted by atomic mass is 16.2. The van der Waals surface area contributed by atoms with Crippen LogP contribution in [0.4, 0.5) is 0 Å². The summed E-state index contributed by atoms with van der Waals surface area (Å²) in [7, 11) is 3.19. The molecule has 0 aromatic rings. The summed E-state index contributed by atoms with van der Waals surface area (Å²) >= 11 is 0. The van der Waals surface area contributed by atoms with Gasteiger partial charge < -0.3 is 4.90 Å². The van der Waals surface area contributed by atoms with E-state index < -0.39 is 0 Å². The first-order chi connectivity index (χ1) is 7.47. The lowest BCUT2D eigenvalue weighted by molar-refractivity contribution is -0.153. The van der Waals surface area contributed by atoms with Crippen molar-refractivity contribution < 1.29 is 14.4 Å². The van der Waals surface area contributed by atoms with Gasteiger partial charge in [-0.15, -0.1) is 0 Å². The lowest BCUT2D eigenvalue weighted by atomic mass is 10.1. The second kappa shape index (κ2) is 5.07. The van der Waals surface area contributed by atoms with Crippen molar-refractivity contribution in [1.82, 2.24) is 15.1 Å². The second-order valence-electron chi connectivity index (χ2n) is 3.95. The van der Waals surface area contributed by atoms with E-state index in [-0.39, 0.29) is 36.9 Å². The van der Waals surface area contributed by atoms with Crippen molar-refractivity contribution in [1.29, 1.82) is 0 Å². The van der Waals surface area contributed by atoms with Crippen LogP contribution in [0.2, 0.25) is 0 Å². The number of hydrogen-bond acceptors (Lipinski definition) is 4. The fraction of sp³-hybridized carbons (Fsp3) is 0.700. The van der Waals surface area contributed by atoms with Gasteiger partial charge in [-0.05, 0) is 6.42 Å². The molecular formula is C10H17N3O3. The molecule has 90 valence electrons. The van der Waals surface area contributed by atoms with Crippen LogP contribution in [0.15, 0.2) is 0 Å². The fourth-order valence-corrected chi connectivity index (χ4v) is 1.47. The molecule has 3 amide bonds. The highest BCUT2D eigenvalue weighted by molar-refractivity contribution is 6.03. The standard InChI is InChI=1S/C10H17N3O3/c1-4-7-10(16)13(8(14)5-11-7)6-9(15)12(2)3/h7,11H,4-6H2,1-3H3. The number of piperazine rings is 1. The van der Waals surface area contributed by atoms with E-state index in [1.54, 1.807) is 14.1 Å². The number of hydrogen-bond donors (Lipinski definition) is 1. The molecule has 0 aliphatic carbocycles. The number of imide groups is 1. The van der Waals surface area contributed by atoms with Crippen molar-refractivity contribution in [3.63, 3.8) is 0 Å². The summed E-state index contributed by atoms with van der Waals surface area (Å²) in [5.74, 6) is -0.905. The Bertz CT molecular complexity index is 314. The topological polar surface area (TPSA) is 69.7 Å². The Kier molecular flexibility index (Phi) is 4.00. The zero-order valence-corrected chi connectivity index (χ0v) is 9.82. The van der Waals surface area contributed by atoms with Crippen LogP contribution < -0.4 is 5.32 Å². The molecule has 1 rings (SSSR count). The van der Waals surface area contributed by atoms with Gasteiger partial charge in [0.25, 0.3) is 0 Å². The molecule has 1 N–H and O–H groups in total. The number of carbonyl (C=O) groups is 3. The minimum absolute atomic E-state index is 0.116. The number of amides is 3. The molecule has 1 unspecified atom stereocenters. The van der Waals surface area contributed by atoms with E-state index in [2.05, 4.69) is 5.32 Å². The summed E-state index contributed by atoms with van der Waals surface area (Å²) in [4.78, 5) is 37.1. The molecule has 0 spiro atoms. The summed E-state index contributed by atoms with van der Waals surface area (Å²) < 4.78 is 0. The van der Waals surface area contributed by atoms with Crippen molar-refractivity contribution >= 4 is 17.7 Å². The molecule has 0 aromatic carbocycles. The fourth-order valence-electron chi connectivity index (χ4n) is 1.47. The third-order valence-electron chi connectivity index (χ3n) is 2.57. The first kappa shape index (κ1) is 12.6. The van der Waals surface area contributed by atoms with Crippen molar-refractivity contribution in [2.45, 2.75) is 19.4 Å². The highest BCUT2D eigenvalue weighted by Gasteiger charge is 2.34. The second-order valence-corrected chi connectivity index (χ2v) is 3.95. The van der Waals surface area contributed by atoms with Gasteiger partial charge in [0.15, 0.2) is 0 Å². The Hall–Kier alpha value is -1.43. The lowest BCUT2D eigenvalue weighted by Crippen LogP contribution is -2.59. The van der Waals surface area contributed by atoms with Gasteiger partial charge in [0.1, 0.15) is 6.54 Å². The quantitative estimate of drug-likeness (QED) is 0.616. The largest absolute Gasteiger partial charge is 0.347 e. The van der Waals surface area contributed by atoms with E-state index in [0.29, 0.717) is 6.42 Å². The van der Waals surface area contributed by atoms with Crippen LogP contribution in [0.3, 0.4) is 0 Å². The van der Waals surface area contributed by atoms with Gasteiger partial charge in [0.2, 0.25) is 17.7 Å². The molecule has 1 aliphatic rings. The minimum Gasteiger partial charge on any atom is -0.347 e. The molecule has 1 fully saturated rings. The average Bonchev–Trinajstić information content (AvgIpc) is 2.24. The van der Waals surface area contributed by atoms with Gasteiger partial charge in [-0.2, -0.15) is 0 Å². The van der Waals surface area contributed by atoms with Crippen LogP contribution in [0.1, 0.15) is 13.3 Å². The zero-order valence-electron chi connectivity index (χ0n) is 9.82. The van der Waals surface area contributed by atoms with E-state index in [0.717, 1.165) is 4.90 Å². The molecule has 16 heavy (non-hydrogen) atoms. The summed E-state index contributed by atoms with van der Waals surface area (Å²) in [5.41, 5.74) is 0. The third kappa shape index (κ3) is 2.57. The van der Waals surface area contributed by atoms with Gasteiger partial charge in [-0.25, -0.2) is 0 Å². The van der Waals surface area contributed by atoms with Crippen LogP contribution in [0, 0.1) is 0 Å². The normalized spacial score (nSPS) is 21.2. The van der Waals surface area contributed by atoms with E-state index in [1.165, 1.54) is 4.90 Å². The van der Waals surface area contributed by atoms with Crippen LogP contribution in [-0.4, -0.2) is 60.7 Å². The predicted molar refractivity (Wildman–Crippen MR) is 57.5 cm³/mol. The monoisotopic (exact) mass is 227 g/mol. The van der Waals surface area contributed by atoms with Crippen LogP contribution in [-0.2, 0) is 14.4 Å². The molecule has 1 saturated heterocycles. The zero-order chi connectivity index (χ0) is 12.3. The maximum atomic E-state index is 11.8. The number of nitrogens with one attached hydrogen (secondary N) is 1. The molecular weight excluding hydrogens is 210 g/mol. The van der Waals surface area contributed by atoms with Gasteiger partial charge in [0, 0.05) is 14.1 Å². The lowest BCUT2D eigenvalue weighted by Gasteiger charge is -2.31. The number of nitrogens with zero attached hydrogens (tertiary/aromatic N) is 2. The third-order valence-corrected chi connectivity index (χ3v) is 2.57. The van der Waals surface area contributed by atoms with Crippen LogP contribution in [0.25, 0.3) is 0 Å². The van der Waals surface area contributed by atoms with Crippen molar-refractivity contribution in [2.24, 2.45) is 0 Å². The summed E-state index contributed by atoms with van der Waals surface area (Å²) in [6.45, 7) is 1.81. The van der Waals surface area contributed by atoms with Crippen molar-refractivity contribution in [3.05, 3.63) is 0 Å². The maximum Gasteiger partial charge on any atom is 0.246 e. The Morgan fingerprint density at radius 2 is 2.12 bits per heavy atom. The molecule has 1 atom stereocenters. The molecule has 0 saturated carbocycles. The summed E-state index contributed by atoms with van der Waals surface area (Å²) in [6.07, 6.45) is 0.610. The van der Waals surface area contributed by atoms with Crippen LogP contribution >= 0.6 is 0 Å². The van der Waals surface area contributed by atoms with E-state index >= 15 is 0 Å². The van der Waals surface area contributed by atoms with Crippen molar-refractivity contribution in [2.75, 3.05) is 27.2 Å². The molecule has 0 aromatic heterocycles. The van der Waals surface area contributed by atoms with Gasteiger partial charge >= 0.3 is 0 Å². The first-order valence-electron chi connectivity index (χ1n) is 5.25. The Morgan fingerprint density at radius 3 is 2.62 bits per heavy atom. The first-order valence-corrected chi connectivity index (χ1v) is 5.25. The van der Waals surface area contributed by atoms with Crippen LogP contribution in [0.5, 0.6) is 0 Å². The Morgan fingerprint density at radius 1 is 1.50 bits per heavy atom. The Labute approximate surface area is 94.6 Å². The summed E-state index contributed by atoms with van der Waals surface area (Å²) in [5, 5.41) is 2.84. The van der Waals surface area contributed by atoms with E-state index in [1.807, 2.05) is 6.92 Å². The van der Waals surface area contributed by atoms with Gasteiger partial charge in [0.05, 0.1) is 12.6 Å². The number of rotatable bonds is 3. The molecule has 1 heterocycles. The Balaban J connectivity index is 2.72. The maximum absolute atomic E-state index is 11.8. The van der Waals surface area contributed by atoms with Gasteiger partial charge in [-0.1, -0.05) is 6.92 Å². The highest BCUT2D eigenvalue weighted by Crippen LogP contribution is 2.06. The summed E-state index contributed by atoms with van der Waals surface area (Å²) in [6, 6.07) is -0.354. The molecule has 1 aliphatic heterocycles. The van der Waals surface area contributed by atoms with E-state index in [9.17, 15) is 14.4 Å². The van der Waals surface area contributed by atoms with E-state index in [4.69, 9.17) is 0 Å². The van der Waals surface area contributed by atoms with Crippen molar-refractivity contribution in [3.8, 4) is 0 Å².